The monoisotopic (exact) mass is 295 g/mol. The van der Waals surface area contributed by atoms with Gasteiger partial charge >= 0.3 is 5.97 Å². The van der Waals surface area contributed by atoms with Gasteiger partial charge in [-0.15, -0.1) is 0 Å². The van der Waals surface area contributed by atoms with E-state index in [0.717, 1.165) is 5.56 Å². The number of nitrogens with zero attached hydrogens (tertiary/aromatic N) is 1. The Morgan fingerprint density at radius 3 is 2.90 bits per heavy atom. The number of hydrogen-bond donors (Lipinski definition) is 1. The van der Waals surface area contributed by atoms with Gasteiger partial charge in [-0.05, 0) is 30.2 Å². The fourth-order valence-electron chi connectivity index (χ4n) is 2.72. The zero-order chi connectivity index (χ0) is 14.3. The van der Waals surface area contributed by atoms with Crippen LogP contribution in [0.2, 0.25) is 5.02 Å². The molecule has 1 N–H and O–H groups in total. The molecule has 2 aliphatic rings. The summed E-state index contributed by atoms with van der Waals surface area (Å²) in [7, 11) is 0. The summed E-state index contributed by atoms with van der Waals surface area (Å²) >= 11 is 5.92. The number of carboxylic acid groups (broad SMARTS) is 1. The maximum absolute atomic E-state index is 12.3. The van der Waals surface area contributed by atoms with Gasteiger partial charge in [0.05, 0.1) is 5.92 Å². The van der Waals surface area contributed by atoms with Crippen LogP contribution >= 0.6 is 11.6 Å². The highest BCUT2D eigenvalue weighted by molar-refractivity contribution is 6.30. The lowest BCUT2D eigenvalue weighted by Gasteiger charge is -2.19. The van der Waals surface area contributed by atoms with Crippen LogP contribution in [0.1, 0.15) is 12.0 Å². The van der Waals surface area contributed by atoms with Crippen LogP contribution < -0.4 is 4.74 Å². The maximum atomic E-state index is 12.3. The second-order valence-corrected chi connectivity index (χ2v) is 5.61. The highest BCUT2D eigenvalue weighted by atomic mass is 35.5. The zero-order valence-electron chi connectivity index (χ0n) is 10.7. The van der Waals surface area contributed by atoms with Crippen LogP contribution in [0, 0.1) is 5.92 Å². The van der Waals surface area contributed by atoms with Crippen LogP contribution in [0.5, 0.6) is 5.75 Å². The van der Waals surface area contributed by atoms with E-state index in [1.54, 1.807) is 23.1 Å². The highest BCUT2D eigenvalue weighted by Crippen LogP contribution is 2.32. The number of ether oxygens (including phenoxy) is 1. The van der Waals surface area contributed by atoms with Crippen molar-refractivity contribution in [2.75, 3.05) is 13.1 Å². The van der Waals surface area contributed by atoms with Gasteiger partial charge in [0, 0.05) is 24.5 Å². The van der Waals surface area contributed by atoms with E-state index >= 15 is 0 Å². The molecule has 1 fully saturated rings. The molecule has 0 unspecified atom stereocenters. The second kappa shape index (κ2) is 4.98. The van der Waals surface area contributed by atoms with E-state index in [2.05, 4.69) is 0 Å². The minimum atomic E-state index is -0.845. The second-order valence-electron chi connectivity index (χ2n) is 5.17. The third-order valence-corrected chi connectivity index (χ3v) is 4.06. The Morgan fingerprint density at radius 2 is 2.20 bits per heavy atom. The number of carboxylic acids is 1. The molecule has 3 rings (SSSR count). The van der Waals surface area contributed by atoms with Crippen molar-refractivity contribution in [1.82, 2.24) is 4.90 Å². The number of hydrogen-bond acceptors (Lipinski definition) is 3. The number of aliphatic carboxylic acids is 1. The van der Waals surface area contributed by atoms with Crippen LogP contribution in [0.3, 0.4) is 0 Å². The Hall–Kier alpha value is -1.75. The molecule has 1 aromatic carbocycles. The molecule has 0 radical (unpaired) electrons. The molecular formula is C14H14ClNO4. The summed E-state index contributed by atoms with van der Waals surface area (Å²) in [6.07, 6.45) is 0.436. The molecule has 0 aromatic heterocycles. The van der Waals surface area contributed by atoms with E-state index < -0.39 is 18.0 Å². The van der Waals surface area contributed by atoms with E-state index in [9.17, 15) is 9.59 Å². The number of amides is 1. The molecule has 1 amide bonds. The summed E-state index contributed by atoms with van der Waals surface area (Å²) in [4.78, 5) is 24.8. The Morgan fingerprint density at radius 1 is 1.40 bits per heavy atom. The molecule has 1 aromatic rings. The quantitative estimate of drug-likeness (QED) is 0.899. The Kier molecular flexibility index (Phi) is 3.30. The molecule has 0 aliphatic carbocycles. The number of carbonyl (C=O) groups excluding carboxylic acids is 1. The first-order valence-corrected chi connectivity index (χ1v) is 6.89. The summed E-state index contributed by atoms with van der Waals surface area (Å²) in [5.41, 5.74) is 0.921. The Bertz CT molecular complexity index is 574. The molecule has 5 nitrogen and oxygen atoms in total. The lowest BCUT2D eigenvalue weighted by atomic mass is 10.1. The van der Waals surface area contributed by atoms with Gasteiger partial charge < -0.3 is 14.7 Å². The molecule has 20 heavy (non-hydrogen) atoms. The first-order chi connectivity index (χ1) is 9.54. The minimum Gasteiger partial charge on any atom is -0.481 e. The third kappa shape index (κ3) is 2.33. The summed E-state index contributed by atoms with van der Waals surface area (Å²) in [6, 6.07) is 5.28. The Labute approximate surface area is 121 Å². The van der Waals surface area contributed by atoms with Crippen LogP contribution in [0.4, 0.5) is 0 Å². The maximum Gasteiger partial charge on any atom is 0.308 e. The van der Waals surface area contributed by atoms with Crippen LogP contribution in [0.15, 0.2) is 18.2 Å². The van der Waals surface area contributed by atoms with Gasteiger partial charge in [-0.1, -0.05) is 11.6 Å². The van der Waals surface area contributed by atoms with Crippen molar-refractivity contribution in [3.63, 3.8) is 0 Å². The van der Waals surface area contributed by atoms with E-state index in [1.165, 1.54) is 0 Å². The predicted octanol–water partition coefficient (Wildman–Crippen LogP) is 1.58. The highest BCUT2D eigenvalue weighted by Gasteiger charge is 2.37. The predicted molar refractivity (Wildman–Crippen MR) is 71.9 cm³/mol. The van der Waals surface area contributed by atoms with Crippen LogP contribution in [-0.2, 0) is 16.0 Å². The van der Waals surface area contributed by atoms with Crippen molar-refractivity contribution in [2.45, 2.75) is 18.9 Å². The van der Waals surface area contributed by atoms with Gasteiger partial charge in [-0.25, -0.2) is 0 Å². The van der Waals surface area contributed by atoms with Gasteiger partial charge in [0.25, 0.3) is 5.91 Å². The molecule has 0 saturated carbocycles. The first-order valence-electron chi connectivity index (χ1n) is 6.51. The SMILES string of the molecule is O=C(O)[C@@H]1CCN(C(=O)[C@H]2Cc3cc(Cl)ccc3O2)C1. The number of likely N-dealkylation sites (tertiary alicyclic amines) is 1. The summed E-state index contributed by atoms with van der Waals surface area (Å²) in [5.74, 6) is -0.761. The fraction of sp³-hybridized carbons (Fsp3) is 0.429. The molecule has 106 valence electrons. The molecule has 0 bridgehead atoms. The van der Waals surface area contributed by atoms with Gasteiger partial charge in [0.1, 0.15) is 5.75 Å². The largest absolute Gasteiger partial charge is 0.481 e. The molecule has 0 spiro atoms. The normalized spacial score (nSPS) is 24.4. The summed E-state index contributed by atoms with van der Waals surface area (Å²) in [5, 5.41) is 9.58. The number of carbonyl (C=O) groups is 2. The van der Waals surface area contributed by atoms with Crippen molar-refractivity contribution in [3.8, 4) is 5.75 Å². The van der Waals surface area contributed by atoms with Crippen LogP contribution in [-0.4, -0.2) is 41.1 Å². The van der Waals surface area contributed by atoms with Gasteiger partial charge in [0.15, 0.2) is 6.10 Å². The summed E-state index contributed by atoms with van der Waals surface area (Å²) < 4.78 is 5.63. The van der Waals surface area contributed by atoms with Gasteiger partial charge in [0.2, 0.25) is 0 Å². The molecule has 2 aliphatic heterocycles. The lowest BCUT2D eigenvalue weighted by Crippen LogP contribution is -2.40. The van der Waals surface area contributed by atoms with E-state index in [4.69, 9.17) is 21.4 Å². The number of halogens is 1. The number of rotatable bonds is 2. The van der Waals surface area contributed by atoms with Gasteiger partial charge in [-0.2, -0.15) is 0 Å². The molecular weight excluding hydrogens is 282 g/mol. The van der Waals surface area contributed by atoms with Crippen molar-refractivity contribution < 1.29 is 19.4 Å². The average Bonchev–Trinajstić information content (AvgIpc) is 3.03. The molecule has 2 heterocycles. The standard InChI is InChI=1S/C14H14ClNO4/c15-10-1-2-11-9(5-10)6-12(20-11)13(17)16-4-3-8(7-16)14(18)19/h1-2,5,8,12H,3-4,6-7H2,(H,18,19)/t8-,12-/m1/s1. The van der Waals surface area contributed by atoms with Crippen molar-refractivity contribution in [2.24, 2.45) is 5.92 Å². The minimum absolute atomic E-state index is 0.138. The smallest absolute Gasteiger partial charge is 0.308 e. The number of fused-ring (bicyclic) bond motifs is 1. The van der Waals surface area contributed by atoms with E-state index in [-0.39, 0.29) is 12.5 Å². The first kappa shape index (κ1) is 13.2. The fourth-order valence-corrected chi connectivity index (χ4v) is 2.92. The van der Waals surface area contributed by atoms with Crippen molar-refractivity contribution in [3.05, 3.63) is 28.8 Å². The number of benzene rings is 1. The summed E-state index contributed by atoms with van der Waals surface area (Å²) in [6.45, 7) is 0.748. The lowest BCUT2D eigenvalue weighted by molar-refractivity contribution is -0.142. The molecule has 6 heteroatoms. The van der Waals surface area contributed by atoms with Crippen molar-refractivity contribution in [1.29, 1.82) is 0 Å². The van der Waals surface area contributed by atoms with Crippen molar-refractivity contribution >= 4 is 23.5 Å². The van der Waals surface area contributed by atoms with Crippen LogP contribution in [0.25, 0.3) is 0 Å². The molecule has 1 saturated heterocycles. The van der Waals surface area contributed by atoms with E-state index in [1.807, 2.05) is 0 Å². The topological polar surface area (TPSA) is 66.8 Å². The van der Waals surface area contributed by atoms with Gasteiger partial charge in [-0.3, -0.25) is 9.59 Å². The average molecular weight is 296 g/mol. The zero-order valence-corrected chi connectivity index (χ0v) is 11.5. The third-order valence-electron chi connectivity index (χ3n) is 3.82. The van der Waals surface area contributed by atoms with E-state index in [0.29, 0.717) is 30.2 Å². The Balaban J connectivity index is 1.67. The molecule has 2 atom stereocenters.